The molecule has 0 unspecified atom stereocenters. The Kier molecular flexibility index (Phi) is 7.35. The molecule has 2 heterocycles. The van der Waals surface area contributed by atoms with Gasteiger partial charge < -0.3 is 9.80 Å². The van der Waals surface area contributed by atoms with Crippen LogP contribution in [0.3, 0.4) is 0 Å². The monoisotopic (exact) mass is 537 g/mol. The van der Waals surface area contributed by atoms with E-state index in [1.54, 1.807) is 25.2 Å². The number of benzene rings is 3. The van der Waals surface area contributed by atoms with Gasteiger partial charge in [0.25, 0.3) is 10.0 Å². The SMILES string of the molecule is Bc1ccc(-n2ncc3cc(N4CCN(S(=O)(=O)/C(C=C)=C/N(C)C)/C(=C/c5ccccc5)C4)ccc32)cc1. The van der Waals surface area contributed by atoms with Crippen LogP contribution in [-0.2, 0) is 10.0 Å². The van der Waals surface area contributed by atoms with Crippen molar-refractivity contribution in [2.24, 2.45) is 0 Å². The Morgan fingerprint density at radius 1 is 1.00 bits per heavy atom. The van der Waals surface area contributed by atoms with Crippen molar-refractivity contribution in [3.8, 4) is 5.69 Å². The van der Waals surface area contributed by atoms with Gasteiger partial charge in [-0.1, -0.05) is 54.5 Å². The summed E-state index contributed by atoms with van der Waals surface area (Å²) in [5.74, 6) is 0. The van der Waals surface area contributed by atoms with Crippen LogP contribution in [-0.4, -0.2) is 69.0 Å². The quantitative estimate of drug-likeness (QED) is 0.267. The van der Waals surface area contributed by atoms with Gasteiger partial charge in [0, 0.05) is 43.6 Å². The third-order valence-corrected chi connectivity index (χ3v) is 8.61. The van der Waals surface area contributed by atoms with Gasteiger partial charge in [0.15, 0.2) is 0 Å². The highest BCUT2D eigenvalue weighted by Gasteiger charge is 2.32. The molecule has 1 saturated heterocycles. The van der Waals surface area contributed by atoms with E-state index in [4.69, 9.17) is 0 Å². The maximum atomic E-state index is 13.7. The minimum absolute atomic E-state index is 0.171. The number of piperazine rings is 1. The van der Waals surface area contributed by atoms with Crippen LogP contribution in [0.1, 0.15) is 5.56 Å². The molecule has 1 aliphatic rings. The molecule has 3 aromatic carbocycles. The smallest absolute Gasteiger partial charge is 0.265 e. The lowest BCUT2D eigenvalue weighted by molar-refractivity contribution is 0.449. The molecule has 0 radical (unpaired) electrons. The fraction of sp³-hybridized carbons (Fsp3) is 0.167. The van der Waals surface area contributed by atoms with Crippen LogP contribution in [0.15, 0.2) is 108 Å². The standard InChI is InChI=1S/C30H32BN5O2S/c1-4-29(22-33(2)3)39(37,38)35-17-16-34(21-28(35)18-23-8-6-5-7-9-23)27-14-15-30-24(19-27)20-32-36(30)26-12-10-25(31)11-13-26/h4-15,18-20,22H,1,16-17,21,31H2,2-3H3/b28-18+,29-22+. The number of hydrogen-bond donors (Lipinski definition) is 0. The number of hydrogen-bond acceptors (Lipinski definition) is 5. The molecule has 198 valence electrons. The fourth-order valence-electron chi connectivity index (χ4n) is 4.78. The van der Waals surface area contributed by atoms with Gasteiger partial charge in [-0.2, -0.15) is 5.10 Å². The first-order valence-electron chi connectivity index (χ1n) is 12.8. The van der Waals surface area contributed by atoms with Crippen molar-refractivity contribution in [2.45, 2.75) is 0 Å². The molecule has 0 amide bonds. The van der Waals surface area contributed by atoms with Crippen LogP contribution in [0.2, 0.25) is 0 Å². The van der Waals surface area contributed by atoms with E-state index >= 15 is 0 Å². The highest BCUT2D eigenvalue weighted by atomic mass is 32.2. The number of aromatic nitrogens is 2. The van der Waals surface area contributed by atoms with Gasteiger partial charge in [-0.15, -0.1) is 0 Å². The average Bonchev–Trinajstić information content (AvgIpc) is 3.36. The molecular weight excluding hydrogens is 505 g/mol. The van der Waals surface area contributed by atoms with Crippen LogP contribution < -0.4 is 10.4 Å². The lowest BCUT2D eigenvalue weighted by Gasteiger charge is -2.39. The van der Waals surface area contributed by atoms with E-state index in [-0.39, 0.29) is 4.91 Å². The van der Waals surface area contributed by atoms with E-state index in [9.17, 15) is 8.42 Å². The first kappa shape index (κ1) is 26.4. The second kappa shape index (κ2) is 10.9. The molecule has 0 atom stereocenters. The van der Waals surface area contributed by atoms with Gasteiger partial charge in [-0.05, 0) is 48.0 Å². The van der Waals surface area contributed by atoms with E-state index in [1.165, 1.54) is 15.8 Å². The van der Waals surface area contributed by atoms with Gasteiger partial charge in [0.05, 0.1) is 30.5 Å². The lowest BCUT2D eigenvalue weighted by atomic mass is 9.96. The van der Waals surface area contributed by atoms with Crippen LogP contribution in [0.25, 0.3) is 22.7 Å². The summed E-state index contributed by atoms with van der Waals surface area (Å²) in [6, 6.07) is 24.4. The highest BCUT2D eigenvalue weighted by Crippen LogP contribution is 2.30. The minimum atomic E-state index is -3.78. The lowest BCUT2D eigenvalue weighted by Crippen LogP contribution is -2.47. The first-order valence-corrected chi connectivity index (χ1v) is 14.3. The zero-order valence-electron chi connectivity index (χ0n) is 22.5. The van der Waals surface area contributed by atoms with Crippen LogP contribution >= 0.6 is 0 Å². The van der Waals surface area contributed by atoms with Crippen LogP contribution in [0, 0.1) is 0 Å². The number of fused-ring (bicyclic) bond motifs is 1. The van der Waals surface area contributed by atoms with Crippen molar-refractivity contribution < 1.29 is 8.42 Å². The normalized spacial score (nSPS) is 15.6. The Labute approximate surface area is 231 Å². The summed E-state index contributed by atoms with van der Waals surface area (Å²) in [6.45, 7) is 5.08. The van der Waals surface area contributed by atoms with Gasteiger partial charge >= 0.3 is 0 Å². The van der Waals surface area contributed by atoms with Gasteiger partial charge in [-0.25, -0.2) is 13.1 Å². The molecule has 0 aliphatic carbocycles. The largest absolute Gasteiger partial charge is 0.382 e. The average molecular weight is 537 g/mol. The van der Waals surface area contributed by atoms with Crippen molar-refractivity contribution in [2.75, 3.05) is 38.6 Å². The predicted molar refractivity (Wildman–Crippen MR) is 163 cm³/mol. The molecule has 4 aromatic rings. The Morgan fingerprint density at radius 2 is 1.72 bits per heavy atom. The van der Waals surface area contributed by atoms with Crippen molar-refractivity contribution in [1.29, 1.82) is 0 Å². The molecule has 5 rings (SSSR count). The van der Waals surface area contributed by atoms with E-state index in [0.29, 0.717) is 25.3 Å². The summed E-state index contributed by atoms with van der Waals surface area (Å²) < 4.78 is 30.9. The van der Waals surface area contributed by atoms with Crippen LogP contribution in [0.4, 0.5) is 5.69 Å². The second-order valence-corrected chi connectivity index (χ2v) is 11.7. The third kappa shape index (κ3) is 5.49. The van der Waals surface area contributed by atoms with E-state index < -0.39 is 10.0 Å². The number of nitrogens with zero attached hydrogens (tertiary/aromatic N) is 5. The van der Waals surface area contributed by atoms with E-state index in [0.717, 1.165) is 27.8 Å². The molecule has 39 heavy (non-hydrogen) atoms. The summed E-state index contributed by atoms with van der Waals surface area (Å²) in [7, 11) is 1.89. The summed E-state index contributed by atoms with van der Waals surface area (Å²) in [6.07, 6.45) is 6.83. The molecule has 0 bridgehead atoms. The van der Waals surface area contributed by atoms with Crippen molar-refractivity contribution in [3.05, 3.63) is 114 Å². The third-order valence-electron chi connectivity index (χ3n) is 6.75. The van der Waals surface area contributed by atoms with Crippen molar-refractivity contribution >= 4 is 46.0 Å². The number of allylic oxidation sites excluding steroid dienone is 1. The van der Waals surface area contributed by atoms with Gasteiger partial charge in [0.1, 0.15) is 12.8 Å². The topological polar surface area (TPSA) is 61.7 Å². The second-order valence-electron chi connectivity index (χ2n) is 9.88. The van der Waals surface area contributed by atoms with Crippen molar-refractivity contribution in [3.63, 3.8) is 0 Å². The van der Waals surface area contributed by atoms with Gasteiger partial charge in [0.2, 0.25) is 0 Å². The van der Waals surface area contributed by atoms with E-state index in [1.807, 2.05) is 47.3 Å². The Morgan fingerprint density at radius 3 is 2.41 bits per heavy atom. The molecule has 1 aromatic heterocycles. The molecular formula is C30H32BN5O2S. The molecule has 0 spiro atoms. The summed E-state index contributed by atoms with van der Waals surface area (Å²) in [4.78, 5) is 4.11. The molecule has 7 nitrogen and oxygen atoms in total. The highest BCUT2D eigenvalue weighted by molar-refractivity contribution is 7.93. The number of sulfonamides is 1. The Balaban J connectivity index is 1.49. The van der Waals surface area contributed by atoms with Crippen molar-refractivity contribution in [1.82, 2.24) is 19.0 Å². The van der Waals surface area contributed by atoms with E-state index in [2.05, 4.69) is 66.9 Å². The molecule has 1 fully saturated rings. The zero-order valence-corrected chi connectivity index (χ0v) is 23.3. The van der Waals surface area contributed by atoms with Gasteiger partial charge in [-0.3, -0.25) is 4.31 Å². The Hall–Kier alpha value is -4.24. The summed E-state index contributed by atoms with van der Waals surface area (Å²) in [5.41, 5.74) is 5.91. The minimum Gasteiger partial charge on any atom is -0.382 e. The number of rotatable bonds is 7. The maximum Gasteiger partial charge on any atom is 0.265 e. The Bertz CT molecular complexity index is 1660. The summed E-state index contributed by atoms with van der Waals surface area (Å²) in [5, 5.41) is 5.66. The summed E-state index contributed by atoms with van der Waals surface area (Å²) >= 11 is 0. The zero-order chi connectivity index (χ0) is 27.6. The van der Waals surface area contributed by atoms with Crippen LogP contribution in [0.5, 0.6) is 0 Å². The predicted octanol–water partition coefficient (Wildman–Crippen LogP) is 3.37. The fourth-order valence-corrected chi connectivity index (χ4v) is 6.33. The molecule has 1 aliphatic heterocycles. The number of anilines is 1. The maximum absolute atomic E-state index is 13.7. The first-order chi connectivity index (χ1) is 18.8. The molecule has 9 heteroatoms. The molecule has 0 N–H and O–H groups in total. The molecule has 0 saturated carbocycles.